The highest BCUT2D eigenvalue weighted by Gasteiger charge is 2.23. The van der Waals surface area contributed by atoms with Gasteiger partial charge in [-0.25, -0.2) is 4.98 Å². The van der Waals surface area contributed by atoms with Gasteiger partial charge >= 0.3 is 0 Å². The van der Waals surface area contributed by atoms with Crippen LogP contribution in [-0.2, 0) is 4.79 Å². The summed E-state index contributed by atoms with van der Waals surface area (Å²) in [6, 6.07) is 2.12. The molecule has 0 saturated carbocycles. The molecule has 3 N–H and O–H groups in total. The Morgan fingerprint density at radius 3 is 2.39 bits per heavy atom. The predicted octanol–water partition coefficient (Wildman–Crippen LogP) is 1.63. The lowest BCUT2D eigenvalue weighted by molar-refractivity contribution is -0.120. The summed E-state index contributed by atoms with van der Waals surface area (Å²) < 4.78 is 0. The molecule has 0 radical (unpaired) electrons. The maximum Gasteiger partial charge on any atom is 0.255 e. The van der Waals surface area contributed by atoms with E-state index in [0.29, 0.717) is 0 Å². The van der Waals surface area contributed by atoms with E-state index in [0.717, 1.165) is 0 Å². The molecule has 1 aromatic rings. The first-order valence-electron chi connectivity index (χ1n) is 5.25. The lowest BCUT2D eigenvalue weighted by Gasteiger charge is -2.19. The number of carbonyl (C=O) groups excluding carboxylic acids is 2. The van der Waals surface area contributed by atoms with Crippen molar-refractivity contribution in [1.29, 1.82) is 0 Å². The number of hydrogen-bond acceptors (Lipinski definition) is 3. The molecule has 7 heteroatoms. The van der Waals surface area contributed by atoms with Gasteiger partial charge in [0.05, 0.1) is 5.56 Å². The average Bonchev–Trinajstić information content (AvgIpc) is 2.24. The third-order valence-electron chi connectivity index (χ3n) is 2.32. The van der Waals surface area contributed by atoms with Gasteiger partial charge in [-0.1, -0.05) is 37.0 Å². The molecule has 0 aliphatic rings. The Labute approximate surface area is 115 Å². The van der Waals surface area contributed by atoms with E-state index in [-0.39, 0.29) is 21.8 Å². The molecule has 0 saturated heterocycles. The first kappa shape index (κ1) is 14.7. The summed E-state index contributed by atoms with van der Waals surface area (Å²) in [5.74, 6) is -1.23. The zero-order chi connectivity index (χ0) is 13.9. The Morgan fingerprint density at radius 1 is 1.33 bits per heavy atom. The highest BCUT2D eigenvalue weighted by molar-refractivity contribution is 6.34. The van der Waals surface area contributed by atoms with Gasteiger partial charge in [0.25, 0.3) is 5.91 Å². The first-order chi connectivity index (χ1) is 8.32. The van der Waals surface area contributed by atoms with Crippen molar-refractivity contribution in [3.63, 3.8) is 0 Å². The Balaban J connectivity index is 2.91. The third kappa shape index (κ3) is 3.58. The molecule has 0 fully saturated rings. The van der Waals surface area contributed by atoms with Gasteiger partial charge in [-0.05, 0) is 18.1 Å². The van der Waals surface area contributed by atoms with Crippen LogP contribution in [0.4, 0.5) is 0 Å². The van der Waals surface area contributed by atoms with Crippen molar-refractivity contribution in [3.05, 3.63) is 28.0 Å². The number of nitrogens with one attached hydrogen (secondary N) is 1. The van der Waals surface area contributed by atoms with Gasteiger partial charge in [-0.15, -0.1) is 0 Å². The van der Waals surface area contributed by atoms with E-state index in [4.69, 9.17) is 28.9 Å². The number of nitrogens with zero attached hydrogens (tertiary/aromatic N) is 1. The normalized spacial score (nSPS) is 12.3. The monoisotopic (exact) mass is 289 g/mol. The van der Waals surface area contributed by atoms with E-state index in [1.54, 1.807) is 13.8 Å². The van der Waals surface area contributed by atoms with E-state index in [2.05, 4.69) is 10.3 Å². The summed E-state index contributed by atoms with van der Waals surface area (Å²) in [5, 5.41) is 2.68. The molecule has 0 aromatic carbocycles. The molecule has 98 valence electrons. The molecule has 1 aromatic heterocycles. The van der Waals surface area contributed by atoms with Crippen LogP contribution in [0.2, 0.25) is 10.3 Å². The molecule has 0 aliphatic heterocycles. The van der Waals surface area contributed by atoms with E-state index >= 15 is 0 Å². The number of halogens is 2. The molecule has 0 aliphatic carbocycles. The lowest BCUT2D eigenvalue weighted by Crippen LogP contribution is -2.47. The van der Waals surface area contributed by atoms with Gasteiger partial charge in [0.1, 0.15) is 16.3 Å². The molecule has 1 rings (SSSR count). The van der Waals surface area contributed by atoms with Gasteiger partial charge in [0, 0.05) is 0 Å². The van der Waals surface area contributed by atoms with Crippen molar-refractivity contribution >= 4 is 35.0 Å². The van der Waals surface area contributed by atoms with Crippen LogP contribution in [0.15, 0.2) is 12.1 Å². The summed E-state index contributed by atoms with van der Waals surface area (Å²) in [6.45, 7) is 3.55. The maximum absolute atomic E-state index is 11.9. The number of aromatic nitrogens is 1. The minimum Gasteiger partial charge on any atom is -0.368 e. The largest absolute Gasteiger partial charge is 0.368 e. The second-order valence-corrected chi connectivity index (χ2v) is 4.82. The van der Waals surface area contributed by atoms with Crippen LogP contribution in [0, 0.1) is 5.92 Å². The highest BCUT2D eigenvalue weighted by Crippen LogP contribution is 2.17. The molecule has 1 heterocycles. The van der Waals surface area contributed by atoms with Gasteiger partial charge in [0.2, 0.25) is 5.91 Å². The number of hydrogen-bond donors (Lipinski definition) is 2. The van der Waals surface area contributed by atoms with Crippen LogP contribution in [0.1, 0.15) is 24.2 Å². The molecular formula is C11H13Cl2N3O2. The van der Waals surface area contributed by atoms with Crippen molar-refractivity contribution in [2.45, 2.75) is 19.9 Å². The van der Waals surface area contributed by atoms with Crippen molar-refractivity contribution < 1.29 is 9.59 Å². The van der Waals surface area contributed by atoms with Gasteiger partial charge in [-0.2, -0.15) is 0 Å². The zero-order valence-electron chi connectivity index (χ0n) is 9.91. The topological polar surface area (TPSA) is 85.1 Å². The standard InChI is InChI=1S/C11H13Cl2N3O2/c1-5(2)8(10(14)17)16-11(18)6-3-4-7(12)15-9(6)13/h3-5,8H,1-2H3,(H2,14,17)(H,16,18). The summed E-state index contributed by atoms with van der Waals surface area (Å²) in [7, 11) is 0. The number of carbonyl (C=O) groups is 2. The van der Waals surface area contributed by atoms with Crippen LogP contribution in [-0.4, -0.2) is 22.8 Å². The number of primary amides is 1. The van der Waals surface area contributed by atoms with E-state index < -0.39 is 17.9 Å². The first-order valence-corrected chi connectivity index (χ1v) is 6.00. The van der Waals surface area contributed by atoms with Gasteiger partial charge in [0.15, 0.2) is 0 Å². The molecule has 0 bridgehead atoms. The fourth-order valence-electron chi connectivity index (χ4n) is 1.37. The second-order valence-electron chi connectivity index (χ2n) is 4.07. The van der Waals surface area contributed by atoms with Gasteiger partial charge < -0.3 is 11.1 Å². The highest BCUT2D eigenvalue weighted by atomic mass is 35.5. The number of nitrogens with two attached hydrogens (primary N) is 1. The van der Waals surface area contributed by atoms with Crippen LogP contribution in [0.5, 0.6) is 0 Å². The minimum atomic E-state index is -0.760. The van der Waals surface area contributed by atoms with Crippen LogP contribution < -0.4 is 11.1 Å². The molecule has 0 spiro atoms. The SMILES string of the molecule is CC(C)C(NC(=O)c1ccc(Cl)nc1Cl)C(N)=O. The average molecular weight is 290 g/mol. The molecule has 1 atom stereocenters. The molecule has 18 heavy (non-hydrogen) atoms. The summed E-state index contributed by atoms with van der Waals surface area (Å²) in [6.07, 6.45) is 0. The van der Waals surface area contributed by atoms with Crippen molar-refractivity contribution in [2.24, 2.45) is 11.7 Å². The molecule has 2 amide bonds. The fraction of sp³-hybridized carbons (Fsp3) is 0.364. The maximum atomic E-state index is 11.9. The fourth-order valence-corrected chi connectivity index (χ4v) is 1.80. The van der Waals surface area contributed by atoms with Crippen molar-refractivity contribution in [1.82, 2.24) is 10.3 Å². The summed E-state index contributed by atoms with van der Waals surface area (Å²) in [4.78, 5) is 26.8. The number of pyridine rings is 1. The van der Waals surface area contributed by atoms with Crippen LogP contribution >= 0.6 is 23.2 Å². The lowest BCUT2D eigenvalue weighted by atomic mass is 10.0. The smallest absolute Gasteiger partial charge is 0.255 e. The van der Waals surface area contributed by atoms with E-state index in [9.17, 15) is 9.59 Å². The van der Waals surface area contributed by atoms with Gasteiger partial charge in [-0.3, -0.25) is 9.59 Å². The Bertz CT molecular complexity index is 477. The van der Waals surface area contributed by atoms with E-state index in [1.807, 2.05) is 0 Å². The zero-order valence-corrected chi connectivity index (χ0v) is 11.4. The summed E-state index contributed by atoms with van der Waals surface area (Å²) in [5.41, 5.74) is 5.35. The van der Waals surface area contributed by atoms with E-state index in [1.165, 1.54) is 12.1 Å². The predicted molar refractivity (Wildman–Crippen MR) is 69.5 cm³/mol. The van der Waals surface area contributed by atoms with Crippen LogP contribution in [0.25, 0.3) is 0 Å². The third-order valence-corrected chi connectivity index (χ3v) is 2.82. The number of rotatable bonds is 4. The second kappa shape index (κ2) is 6.02. The molecule has 5 nitrogen and oxygen atoms in total. The van der Waals surface area contributed by atoms with Crippen molar-refractivity contribution in [2.75, 3.05) is 0 Å². The summed E-state index contributed by atoms with van der Waals surface area (Å²) >= 11 is 11.4. The Hall–Kier alpha value is -1.33. The Kier molecular flexibility index (Phi) is 4.93. The Morgan fingerprint density at radius 2 is 1.94 bits per heavy atom. The molecular weight excluding hydrogens is 277 g/mol. The van der Waals surface area contributed by atoms with Crippen LogP contribution in [0.3, 0.4) is 0 Å². The van der Waals surface area contributed by atoms with Crippen molar-refractivity contribution in [3.8, 4) is 0 Å². The quantitative estimate of drug-likeness (QED) is 0.826. The molecule has 1 unspecified atom stereocenters. The number of amides is 2. The minimum absolute atomic E-state index is 0.0213.